The number of amides is 1. The second-order valence-corrected chi connectivity index (χ2v) is 9.32. The van der Waals surface area contributed by atoms with E-state index in [1.54, 1.807) is 12.4 Å². The van der Waals surface area contributed by atoms with Gasteiger partial charge in [-0.3, -0.25) is 14.5 Å². The number of aromatic nitrogens is 5. The molecule has 37 heavy (non-hydrogen) atoms. The van der Waals surface area contributed by atoms with Gasteiger partial charge in [-0.05, 0) is 30.5 Å². The molecule has 1 fully saturated rings. The standard InChI is InChI=1S/C26H33N9O2/c1-2-4-18(8-14-36)31-24-23-21(32-26(27)33-24)15-30-35(23)16-17-6-7-20(19-5-3-9-29-22(17)19)25(37)34-12-10-28-11-13-34/h3,5-7,9,15,18,28,36H,2,4,8,10-14,16H2,1H3,(H3,27,31,32,33). The van der Waals surface area contributed by atoms with E-state index in [4.69, 9.17) is 5.73 Å². The van der Waals surface area contributed by atoms with Crippen LogP contribution in [-0.2, 0) is 6.54 Å². The van der Waals surface area contributed by atoms with Crippen LogP contribution in [0.3, 0.4) is 0 Å². The van der Waals surface area contributed by atoms with Gasteiger partial charge in [0.1, 0.15) is 11.0 Å². The third kappa shape index (κ3) is 5.18. The van der Waals surface area contributed by atoms with Crippen molar-refractivity contribution in [2.75, 3.05) is 43.8 Å². The number of aliphatic hydroxyl groups excluding tert-OH is 1. The molecular formula is C26H33N9O2. The molecule has 0 saturated carbocycles. The number of nitrogen functional groups attached to an aromatic ring is 1. The maximum atomic E-state index is 13.3. The first-order valence-corrected chi connectivity index (χ1v) is 12.8. The minimum absolute atomic E-state index is 0.0248. The number of piperazine rings is 1. The van der Waals surface area contributed by atoms with Gasteiger partial charge >= 0.3 is 0 Å². The fourth-order valence-electron chi connectivity index (χ4n) is 4.97. The third-order valence-electron chi connectivity index (χ3n) is 6.77. The fraction of sp³-hybridized carbons (Fsp3) is 0.423. The molecule has 1 aliphatic heterocycles. The molecule has 11 heteroatoms. The Bertz CT molecular complexity index is 1390. The molecule has 4 heterocycles. The Morgan fingerprint density at radius 1 is 1.22 bits per heavy atom. The van der Waals surface area contributed by atoms with Crippen molar-refractivity contribution in [1.82, 2.24) is 34.9 Å². The van der Waals surface area contributed by atoms with Crippen molar-refractivity contribution in [1.29, 1.82) is 0 Å². The predicted molar refractivity (Wildman–Crippen MR) is 143 cm³/mol. The fourth-order valence-corrected chi connectivity index (χ4v) is 4.97. The van der Waals surface area contributed by atoms with E-state index >= 15 is 0 Å². The average molecular weight is 504 g/mol. The Balaban J connectivity index is 1.52. The largest absolute Gasteiger partial charge is 0.396 e. The number of aliphatic hydroxyl groups is 1. The van der Waals surface area contributed by atoms with Gasteiger partial charge in [0.05, 0.1) is 18.3 Å². The molecule has 0 aliphatic carbocycles. The molecule has 1 saturated heterocycles. The molecule has 0 spiro atoms. The first-order valence-electron chi connectivity index (χ1n) is 12.8. The molecule has 4 aromatic rings. The number of hydrogen-bond donors (Lipinski definition) is 4. The highest BCUT2D eigenvalue weighted by Gasteiger charge is 2.22. The molecule has 1 unspecified atom stereocenters. The lowest BCUT2D eigenvalue weighted by atomic mass is 10.0. The third-order valence-corrected chi connectivity index (χ3v) is 6.77. The summed E-state index contributed by atoms with van der Waals surface area (Å²) < 4.78 is 1.83. The van der Waals surface area contributed by atoms with Crippen molar-refractivity contribution >= 4 is 39.6 Å². The Kier molecular flexibility index (Phi) is 7.42. The van der Waals surface area contributed by atoms with Crippen LogP contribution in [0.5, 0.6) is 0 Å². The summed E-state index contributed by atoms with van der Waals surface area (Å²) in [4.78, 5) is 28.7. The van der Waals surface area contributed by atoms with Gasteiger partial charge < -0.3 is 26.4 Å². The highest BCUT2D eigenvalue weighted by Crippen LogP contribution is 2.27. The summed E-state index contributed by atoms with van der Waals surface area (Å²) in [5.74, 6) is 0.781. The summed E-state index contributed by atoms with van der Waals surface area (Å²) in [6.07, 6.45) is 5.88. The van der Waals surface area contributed by atoms with Gasteiger partial charge in [0.15, 0.2) is 5.82 Å². The van der Waals surface area contributed by atoms with Crippen molar-refractivity contribution < 1.29 is 9.90 Å². The van der Waals surface area contributed by atoms with Crippen LogP contribution < -0.4 is 16.4 Å². The summed E-state index contributed by atoms with van der Waals surface area (Å²) in [5, 5.41) is 21.7. The van der Waals surface area contributed by atoms with E-state index in [0.29, 0.717) is 43.0 Å². The summed E-state index contributed by atoms with van der Waals surface area (Å²) in [5.41, 5.74) is 9.72. The number of nitrogens with two attached hydrogens (primary N) is 1. The van der Waals surface area contributed by atoms with E-state index in [1.807, 2.05) is 33.8 Å². The van der Waals surface area contributed by atoms with E-state index in [1.165, 1.54) is 0 Å². The zero-order chi connectivity index (χ0) is 25.8. The van der Waals surface area contributed by atoms with E-state index in [2.05, 4.69) is 37.6 Å². The molecule has 1 aromatic carbocycles. The van der Waals surface area contributed by atoms with Gasteiger partial charge in [0.25, 0.3) is 5.91 Å². The van der Waals surface area contributed by atoms with Crippen molar-refractivity contribution in [3.63, 3.8) is 0 Å². The van der Waals surface area contributed by atoms with Crippen LogP contribution in [0.1, 0.15) is 42.1 Å². The molecule has 1 aliphatic rings. The number of anilines is 2. The van der Waals surface area contributed by atoms with Crippen LogP contribution >= 0.6 is 0 Å². The highest BCUT2D eigenvalue weighted by atomic mass is 16.3. The summed E-state index contributed by atoms with van der Waals surface area (Å²) >= 11 is 0. The monoisotopic (exact) mass is 503 g/mol. The van der Waals surface area contributed by atoms with Crippen molar-refractivity contribution in [2.24, 2.45) is 0 Å². The number of carbonyl (C=O) groups excluding carboxylic acids is 1. The highest BCUT2D eigenvalue weighted by molar-refractivity contribution is 6.07. The number of rotatable bonds is 9. The molecule has 1 amide bonds. The number of nitrogens with zero attached hydrogens (tertiary/aromatic N) is 6. The SMILES string of the molecule is CCCC(CCO)Nc1nc(N)nc2cnn(Cc3ccc(C(=O)N4CCNCC4)c4cccnc34)c12. The van der Waals surface area contributed by atoms with Gasteiger partial charge in [-0.1, -0.05) is 25.5 Å². The maximum Gasteiger partial charge on any atom is 0.254 e. The number of fused-ring (bicyclic) bond motifs is 2. The van der Waals surface area contributed by atoms with E-state index in [9.17, 15) is 9.90 Å². The number of benzene rings is 1. The predicted octanol–water partition coefficient (Wildman–Crippen LogP) is 2.01. The van der Waals surface area contributed by atoms with Gasteiger partial charge in [-0.15, -0.1) is 0 Å². The quantitative estimate of drug-likeness (QED) is 0.269. The molecule has 5 N–H and O–H groups in total. The molecule has 11 nitrogen and oxygen atoms in total. The maximum absolute atomic E-state index is 13.3. The molecule has 1 atom stereocenters. The Morgan fingerprint density at radius 2 is 2.05 bits per heavy atom. The van der Waals surface area contributed by atoms with Crippen LogP contribution in [0.2, 0.25) is 0 Å². The lowest BCUT2D eigenvalue weighted by Gasteiger charge is -2.28. The van der Waals surface area contributed by atoms with Gasteiger partial charge in [-0.25, -0.2) is 4.98 Å². The molecule has 5 rings (SSSR count). The summed E-state index contributed by atoms with van der Waals surface area (Å²) in [6, 6.07) is 7.70. The lowest BCUT2D eigenvalue weighted by molar-refractivity contribution is 0.0738. The topological polar surface area (TPSA) is 147 Å². The summed E-state index contributed by atoms with van der Waals surface area (Å²) in [6.45, 7) is 5.58. The molecule has 194 valence electrons. The van der Waals surface area contributed by atoms with Crippen LogP contribution in [0.4, 0.5) is 11.8 Å². The van der Waals surface area contributed by atoms with Crippen LogP contribution in [0.25, 0.3) is 21.9 Å². The molecular weight excluding hydrogens is 470 g/mol. The van der Waals surface area contributed by atoms with Crippen LogP contribution in [-0.4, -0.2) is 79.5 Å². The number of pyridine rings is 1. The Labute approximate surface area is 215 Å². The van der Waals surface area contributed by atoms with Crippen LogP contribution in [0.15, 0.2) is 36.7 Å². The van der Waals surface area contributed by atoms with E-state index in [-0.39, 0.29) is 24.5 Å². The normalized spacial score (nSPS) is 14.8. The van der Waals surface area contributed by atoms with Gasteiger partial charge in [0, 0.05) is 56.0 Å². The second kappa shape index (κ2) is 11.1. The van der Waals surface area contributed by atoms with E-state index < -0.39 is 0 Å². The van der Waals surface area contributed by atoms with E-state index in [0.717, 1.165) is 47.9 Å². The number of hydrogen-bond acceptors (Lipinski definition) is 9. The minimum atomic E-state index is 0.0248. The average Bonchev–Trinajstić information content (AvgIpc) is 3.31. The Morgan fingerprint density at radius 3 is 2.84 bits per heavy atom. The minimum Gasteiger partial charge on any atom is -0.396 e. The number of nitrogens with one attached hydrogen (secondary N) is 2. The zero-order valence-corrected chi connectivity index (χ0v) is 21.0. The van der Waals surface area contributed by atoms with Crippen molar-refractivity contribution in [3.05, 3.63) is 47.8 Å². The first kappa shape index (κ1) is 24.8. The lowest BCUT2D eigenvalue weighted by Crippen LogP contribution is -2.46. The first-order chi connectivity index (χ1) is 18.1. The zero-order valence-electron chi connectivity index (χ0n) is 21.0. The van der Waals surface area contributed by atoms with Gasteiger partial charge in [-0.2, -0.15) is 10.1 Å². The molecule has 0 radical (unpaired) electrons. The smallest absolute Gasteiger partial charge is 0.254 e. The summed E-state index contributed by atoms with van der Waals surface area (Å²) in [7, 11) is 0. The van der Waals surface area contributed by atoms with Crippen molar-refractivity contribution in [2.45, 2.75) is 38.8 Å². The molecule has 3 aromatic heterocycles. The van der Waals surface area contributed by atoms with Crippen LogP contribution in [0, 0.1) is 0 Å². The van der Waals surface area contributed by atoms with Gasteiger partial charge in [0.2, 0.25) is 5.95 Å². The number of carbonyl (C=O) groups is 1. The second-order valence-electron chi connectivity index (χ2n) is 9.32. The van der Waals surface area contributed by atoms with Crippen molar-refractivity contribution in [3.8, 4) is 0 Å². The molecule has 0 bridgehead atoms. The Hall–Kier alpha value is -3.83.